The Kier molecular flexibility index (Phi) is 4.28. The van der Waals surface area contributed by atoms with Gasteiger partial charge in [-0.05, 0) is 42.0 Å². The number of benzene rings is 2. The van der Waals surface area contributed by atoms with Gasteiger partial charge in [0.05, 0.1) is 0 Å². The van der Waals surface area contributed by atoms with E-state index < -0.39 is 0 Å². The van der Waals surface area contributed by atoms with Crippen LogP contribution in [-0.2, 0) is 12.8 Å². The monoisotopic (exact) mass is 308 g/mol. The van der Waals surface area contributed by atoms with E-state index in [1.165, 1.54) is 17.2 Å². The summed E-state index contributed by atoms with van der Waals surface area (Å²) < 4.78 is 13.9. The molecule has 0 aliphatic heterocycles. The summed E-state index contributed by atoms with van der Waals surface area (Å²) in [6.07, 6.45) is 1.61. The molecular formula is C20H21FN2. The third-order valence-corrected chi connectivity index (χ3v) is 4.19. The molecule has 1 aromatic heterocycles. The number of nitrogens with two attached hydrogens (primary N) is 1. The van der Waals surface area contributed by atoms with Crippen molar-refractivity contribution in [3.05, 3.63) is 71.2 Å². The van der Waals surface area contributed by atoms with Gasteiger partial charge >= 0.3 is 0 Å². The molecule has 2 N–H and O–H groups in total. The highest BCUT2D eigenvalue weighted by Gasteiger charge is 2.08. The molecule has 23 heavy (non-hydrogen) atoms. The van der Waals surface area contributed by atoms with Crippen molar-refractivity contribution < 1.29 is 4.39 Å². The maximum Gasteiger partial charge on any atom is 0.149 e. The third-order valence-electron chi connectivity index (χ3n) is 4.19. The molecule has 0 saturated carbocycles. The Morgan fingerprint density at radius 1 is 1.04 bits per heavy atom. The first-order chi connectivity index (χ1) is 11.0. The Bertz CT molecular complexity index is 823. The molecule has 1 heterocycles. The molecule has 3 heteroatoms. The van der Waals surface area contributed by atoms with Gasteiger partial charge in [-0.1, -0.05) is 50.2 Å². The van der Waals surface area contributed by atoms with E-state index >= 15 is 0 Å². The maximum atomic E-state index is 13.9. The highest BCUT2D eigenvalue weighted by molar-refractivity contribution is 5.90. The van der Waals surface area contributed by atoms with Crippen molar-refractivity contribution >= 4 is 16.6 Å². The second kappa shape index (κ2) is 6.37. The number of pyridine rings is 1. The van der Waals surface area contributed by atoms with E-state index in [0.29, 0.717) is 22.5 Å². The highest BCUT2D eigenvalue weighted by atomic mass is 19.1. The molecule has 0 atom stereocenters. The van der Waals surface area contributed by atoms with E-state index in [-0.39, 0.29) is 5.82 Å². The van der Waals surface area contributed by atoms with E-state index in [0.717, 1.165) is 18.5 Å². The number of nitrogens with zero attached hydrogens (tertiary/aromatic N) is 1. The summed E-state index contributed by atoms with van der Waals surface area (Å²) in [5.41, 5.74) is 10.4. The number of hydrogen-bond acceptors (Lipinski definition) is 2. The lowest BCUT2D eigenvalue weighted by Gasteiger charge is -2.09. The normalized spacial score (nSPS) is 11.3. The van der Waals surface area contributed by atoms with Crippen LogP contribution in [-0.4, -0.2) is 4.98 Å². The first kappa shape index (κ1) is 15.5. The molecule has 118 valence electrons. The molecule has 2 aromatic carbocycles. The van der Waals surface area contributed by atoms with Crippen molar-refractivity contribution in [2.45, 2.75) is 32.6 Å². The summed E-state index contributed by atoms with van der Waals surface area (Å²) in [4.78, 5) is 4.44. The lowest BCUT2D eigenvalue weighted by atomic mass is 9.99. The van der Waals surface area contributed by atoms with Crippen LogP contribution in [0.4, 0.5) is 10.1 Å². The number of halogens is 1. The molecule has 3 aromatic rings. The Morgan fingerprint density at radius 3 is 2.48 bits per heavy atom. The molecule has 0 unspecified atom stereocenters. The Hall–Kier alpha value is -2.42. The fourth-order valence-corrected chi connectivity index (χ4v) is 2.76. The molecule has 0 bridgehead atoms. The van der Waals surface area contributed by atoms with Gasteiger partial charge < -0.3 is 5.73 Å². The van der Waals surface area contributed by atoms with E-state index in [1.54, 1.807) is 12.1 Å². The molecule has 0 fully saturated rings. The number of anilines is 1. The lowest BCUT2D eigenvalue weighted by Crippen LogP contribution is -2.00. The topological polar surface area (TPSA) is 38.9 Å². The van der Waals surface area contributed by atoms with Crippen LogP contribution in [0.5, 0.6) is 0 Å². The smallest absolute Gasteiger partial charge is 0.149 e. The zero-order valence-corrected chi connectivity index (χ0v) is 13.5. The molecule has 0 amide bonds. The fraction of sp³-hybridized carbons (Fsp3) is 0.250. The number of nitrogen functional groups attached to an aromatic ring is 1. The average molecular weight is 308 g/mol. The Labute approximate surface area is 136 Å². The van der Waals surface area contributed by atoms with E-state index in [9.17, 15) is 4.39 Å². The Balaban J connectivity index is 1.80. The predicted octanol–water partition coefficient (Wildman–Crippen LogP) is 4.86. The summed E-state index contributed by atoms with van der Waals surface area (Å²) in [5.74, 6) is 0.214. The Morgan fingerprint density at radius 2 is 1.78 bits per heavy atom. The largest absolute Gasteiger partial charge is 0.398 e. The molecule has 0 aliphatic carbocycles. The summed E-state index contributed by atoms with van der Waals surface area (Å²) in [6, 6.07) is 15.4. The van der Waals surface area contributed by atoms with E-state index in [4.69, 9.17) is 5.73 Å². The van der Waals surface area contributed by atoms with Crippen molar-refractivity contribution in [3.63, 3.8) is 0 Å². The summed E-state index contributed by atoms with van der Waals surface area (Å²) >= 11 is 0. The van der Waals surface area contributed by atoms with Gasteiger partial charge in [0.1, 0.15) is 11.3 Å². The number of fused-ring (bicyclic) bond motifs is 1. The summed E-state index contributed by atoms with van der Waals surface area (Å²) in [5, 5.41) is 0.676. The van der Waals surface area contributed by atoms with Crippen molar-refractivity contribution in [2.75, 3.05) is 5.73 Å². The molecule has 0 aliphatic rings. The number of rotatable bonds is 4. The minimum absolute atomic E-state index is 0.322. The second-order valence-corrected chi connectivity index (χ2v) is 6.24. The maximum absolute atomic E-state index is 13.9. The van der Waals surface area contributed by atoms with Crippen LogP contribution in [0.2, 0.25) is 0 Å². The molecule has 0 radical (unpaired) electrons. The molecule has 0 saturated heterocycles. The van der Waals surface area contributed by atoms with E-state index in [2.05, 4.69) is 43.1 Å². The molecule has 3 rings (SSSR count). The van der Waals surface area contributed by atoms with Crippen molar-refractivity contribution in [2.24, 2.45) is 0 Å². The first-order valence-electron chi connectivity index (χ1n) is 7.97. The molecule has 2 nitrogen and oxygen atoms in total. The average Bonchev–Trinajstić information content (AvgIpc) is 2.54. The second-order valence-electron chi connectivity index (χ2n) is 6.24. The molecular weight excluding hydrogens is 287 g/mol. The van der Waals surface area contributed by atoms with Crippen molar-refractivity contribution in [1.29, 1.82) is 0 Å². The van der Waals surface area contributed by atoms with Gasteiger partial charge in [-0.2, -0.15) is 0 Å². The highest BCUT2D eigenvalue weighted by Crippen LogP contribution is 2.23. The SMILES string of the molecule is CC(C)c1ccc(CCc2cc(N)c3cccc(F)c3n2)cc1. The van der Waals surface area contributed by atoms with Crippen LogP contribution < -0.4 is 5.73 Å². The van der Waals surface area contributed by atoms with Gasteiger partial charge in [0.25, 0.3) is 0 Å². The van der Waals surface area contributed by atoms with Crippen LogP contribution in [0.15, 0.2) is 48.5 Å². The van der Waals surface area contributed by atoms with Crippen molar-refractivity contribution in [1.82, 2.24) is 4.98 Å². The van der Waals surface area contributed by atoms with Crippen molar-refractivity contribution in [3.8, 4) is 0 Å². The van der Waals surface area contributed by atoms with Gasteiger partial charge in [-0.15, -0.1) is 0 Å². The van der Waals surface area contributed by atoms with Gasteiger partial charge in [-0.25, -0.2) is 9.37 Å². The van der Waals surface area contributed by atoms with Crippen LogP contribution >= 0.6 is 0 Å². The van der Waals surface area contributed by atoms with Gasteiger partial charge in [-0.3, -0.25) is 0 Å². The lowest BCUT2D eigenvalue weighted by molar-refractivity contribution is 0.636. The van der Waals surface area contributed by atoms with Crippen LogP contribution in [0.25, 0.3) is 10.9 Å². The van der Waals surface area contributed by atoms with E-state index in [1.807, 2.05) is 6.07 Å². The number of aryl methyl sites for hydroxylation is 2. The van der Waals surface area contributed by atoms with Crippen LogP contribution in [0.1, 0.15) is 36.6 Å². The quantitative estimate of drug-likeness (QED) is 0.747. The van der Waals surface area contributed by atoms with Crippen LogP contribution in [0.3, 0.4) is 0 Å². The predicted molar refractivity (Wildman–Crippen MR) is 94.1 cm³/mol. The number of hydrogen-bond donors (Lipinski definition) is 1. The van der Waals surface area contributed by atoms with Gasteiger partial charge in [0.15, 0.2) is 0 Å². The zero-order valence-electron chi connectivity index (χ0n) is 13.5. The third kappa shape index (κ3) is 3.34. The summed E-state index contributed by atoms with van der Waals surface area (Å²) in [6.45, 7) is 4.37. The molecule has 0 spiro atoms. The minimum Gasteiger partial charge on any atom is -0.398 e. The van der Waals surface area contributed by atoms with Gasteiger partial charge in [0.2, 0.25) is 0 Å². The first-order valence-corrected chi connectivity index (χ1v) is 7.97. The standard InChI is InChI=1S/C20H21FN2/c1-13(2)15-9-6-14(7-10-15)8-11-16-12-19(22)17-4-3-5-18(21)20(17)23-16/h3-7,9-10,12-13H,8,11H2,1-2H3,(H2,22,23). The minimum atomic E-state index is -0.322. The number of para-hydroxylation sites is 1. The van der Waals surface area contributed by atoms with Gasteiger partial charge in [0, 0.05) is 16.8 Å². The summed E-state index contributed by atoms with van der Waals surface area (Å²) in [7, 11) is 0. The number of aromatic nitrogens is 1. The van der Waals surface area contributed by atoms with Crippen LogP contribution in [0, 0.1) is 5.82 Å². The zero-order chi connectivity index (χ0) is 16.4. The fourth-order valence-electron chi connectivity index (χ4n) is 2.76.